The Labute approximate surface area is 199 Å². The molecule has 0 saturated carbocycles. The number of aryl methyl sites for hydroxylation is 4. The lowest BCUT2D eigenvalue weighted by molar-refractivity contribution is -0.187. The summed E-state index contributed by atoms with van der Waals surface area (Å²) >= 11 is 0. The van der Waals surface area contributed by atoms with Gasteiger partial charge in [-0.05, 0) is 60.1 Å². The Balaban J connectivity index is 1.38. The third-order valence-electron chi connectivity index (χ3n) is 5.72. The summed E-state index contributed by atoms with van der Waals surface area (Å²) in [5.41, 5.74) is 4.84. The van der Waals surface area contributed by atoms with Crippen LogP contribution in [-0.2, 0) is 35.5 Å². The van der Waals surface area contributed by atoms with Gasteiger partial charge in [0.15, 0.2) is 0 Å². The number of benzene rings is 4. The summed E-state index contributed by atoms with van der Waals surface area (Å²) in [4.78, 5) is 35.4. The molecule has 0 saturated heterocycles. The first-order valence-electron chi connectivity index (χ1n) is 11.4. The summed E-state index contributed by atoms with van der Waals surface area (Å²) in [6.07, 6.45) is 2.93. The van der Waals surface area contributed by atoms with E-state index in [2.05, 4.69) is 24.3 Å². The average molecular weight is 451 g/mol. The normalized spacial score (nSPS) is 10.5. The van der Waals surface area contributed by atoms with Crippen LogP contribution in [0.3, 0.4) is 0 Å². The molecule has 34 heavy (non-hydrogen) atoms. The molecule has 4 rings (SSSR count). The van der Waals surface area contributed by atoms with Crippen LogP contribution in [0.25, 0.3) is 0 Å². The molecule has 0 spiro atoms. The second kappa shape index (κ2) is 11.6. The van der Waals surface area contributed by atoms with Gasteiger partial charge in [-0.15, -0.1) is 0 Å². The van der Waals surface area contributed by atoms with Gasteiger partial charge in [-0.1, -0.05) is 97.1 Å². The molecule has 0 atom stereocenters. The van der Waals surface area contributed by atoms with E-state index in [4.69, 9.17) is 9.78 Å². The van der Waals surface area contributed by atoms with E-state index in [1.54, 1.807) is 24.3 Å². The van der Waals surface area contributed by atoms with Crippen LogP contribution in [0.1, 0.15) is 43.0 Å². The van der Waals surface area contributed by atoms with Crippen molar-refractivity contribution in [3.63, 3.8) is 0 Å². The molecule has 4 aromatic carbocycles. The molecule has 0 radical (unpaired) electrons. The van der Waals surface area contributed by atoms with Crippen molar-refractivity contribution in [1.29, 1.82) is 0 Å². The van der Waals surface area contributed by atoms with Gasteiger partial charge in [0.2, 0.25) is 0 Å². The first-order chi connectivity index (χ1) is 16.7. The SMILES string of the molecule is O=C(OOC(=O)c1ccccc1CCc1ccccc1)c1ccccc1CCc1ccccc1. The summed E-state index contributed by atoms with van der Waals surface area (Å²) in [7, 11) is 0. The van der Waals surface area contributed by atoms with Crippen LogP contribution in [0, 0.1) is 0 Å². The predicted molar refractivity (Wildman–Crippen MR) is 131 cm³/mol. The fraction of sp³-hybridized carbons (Fsp3) is 0.133. The van der Waals surface area contributed by atoms with Gasteiger partial charge < -0.3 is 0 Å². The van der Waals surface area contributed by atoms with Crippen LogP contribution in [-0.4, -0.2) is 11.9 Å². The van der Waals surface area contributed by atoms with Crippen LogP contribution in [0.5, 0.6) is 0 Å². The minimum atomic E-state index is -0.682. The molecular formula is C30H26O4. The first kappa shape index (κ1) is 23.0. The van der Waals surface area contributed by atoms with E-state index in [9.17, 15) is 9.59 Å². The molecule has 4 heteroatoms. The number of hydrogen-bond donors (Lipinski definition) is 0. The zero-order valence-corrected chi connectivity index (χ0v) is 18.9. The van der Waals surface area contributed by atoms with Crippen molar-refractivity contribution in [3.05, 3.63) is 143 Å². The van der Waals surface area contributed by atoms with E-state index in [1.807, 2.05) is 60.7 Å². The van der Waals surface area contributed by atoms with Gasteiger partial charge in [-0.2, -0.15) is 0 Å². The van der Waals surface area contributed by atoms with Gasteiger partial charge in [0.25, 0.3) is 0 Å². The highest BCUT2D eigenvalue weighted by Gasteiger charge is 2.19. The lowest BCUT2D eigenvalue weighted by Gasteiger charge is -2.10. The smallest absolute Gasteiger partial charge is 0.241 e. The Bertz CT molecular complexity index is 1130. The summed E-state index contributed by atoms with van der Waals surface area (Å²) < 4.78 is 0. The van der Waals surface area contributed by atoms with Crippen molar-refractivity contribution in [2.75, 3.05) is 0 Å². The third-order valence-corrected chi connectivity index (χ3v) is 5.72. The topological polar surface area (TPSA) is 52.6 Å². The summed E-state index contributed by atoms with van der Waals surface area (Å²) in [5.74, 6) is -1.36. The highest BCUT2D eigenvalue weighted by molar-refractivity contribution is 5.94. The highest BCUT2D eigenvalue weighted by Crippen LogP contribution is 2.17. The van der Waals surface area contributed by atoms with E-state index in [0.717, 1.165) is 24.0 Å². The van der Waals surface area contributed by atoms with Crippen molar-refractivity contribution in [2.45, 2.75) is 25.7 Å². The summed E-state index contributed by atoms with van der Waals surface area (Å²) in [5, 5.41) is 0. The number of carbonyl (C=O) groups is 2. The standard InChI is InChI=1S/C30H26O4/c31-29(27-17-9-7-15-25(27)21-19-23-11-3-1-4-12-23)33-34-30(32)28-18-10-8-16-26(28)22-20-24-13-5-2-6-14-24/h1-18H,19-22H2. The molecule has 0 unspecified atom stereocenters. The molecule has 0 fully saturated rings. The van der Waals surface area contributed by atoms with E-state index < -0.39 is 11.9 Å². The molecule has 4 aromatic rings. The number of carbonyl (C=O) groups excluding carboxylic acids is 2. The van der Waals surface area contributed by atoms with Gasteiger partial charge in [-0.3, -0.25) is 0 Å². The maximum Gasteiger partial charge on any atom is 0.386 e. The maximum atomic E-state index is 12.7. The minimum absolute atomic E-state index is 0.392. The predicted octanol–water partition coefficient (Wildman–Crippen LogP) is 6.19. The lowest BCUT2D eigenvalue weighted by Crippen LogP contribution is -2.15. The molecular weight excluding hydrogens is 424 g/mol. The number of hydrogen-bond acceptors (Lipinski definition) is 4. The van der Waals surface area contributed by atoms with E-state index >= 15 is 0 Å². The monoisotopic (exact) mass is 450 g/mol. The molecule has 0 aromatic heterocycles. The van der Waals surface area contributed by atoms with Crippen LogP contribution in [0.15, 0.2) is 109 Å². The van der Waals surface area contributed by atoms with Crippen molar-refractivity contribution >= 4 is 11.9 Å². The van der Waals surface area contributed by atoms with Gasteiger partial charge >= 0.3 is 11.9 Å². The fourth-order valence-electron chi connectivity index (χ4n) is 3.89. The van der Waals surface area contributed by atoms with Crippen molar-refractivity contribution in [1.82, 2.24) is 0 Å². The molecule has 4 nitrogen and oxygen atoms in total. The van der Waals surface area contributed by atoms with Crippen LogP contribution >= 0.6 is 0 Å². The minimum Gasteiger partial charge on any atom is -0.241 e. The first-order valence-corrected chi connectivity index (χ1v) is 11.4. The van der Waals surface area contributed by atoms with Crippen LogP contribution in [0.4, 0.5) is 0 Å². The van der Waals surface area contributed by atoms with Crippen LogP contribution in [0.2, 0.25) is 0 Å². The molecule has 0 aliphatic rings. The Hall–Kier alpha value is -4.18. The maximum absolute atomic E-state index is 12.7. The molecule has 0 N–H and O–H groups in total. The third kappa shape index (κ3) is 6.20. The van der Waals surface area contributed by atoms with Crippen molar-refractivity contribution in [2.24, 2.45) is 0 Å². The lowest BCUT2D eigenvalue weighted by atomic mass is 10.00. The number of rotatable bonds is 8. The van der Waals surface area contributed by atoms with Crippen molar-refractivity contribution < 1.29 is 19.4 Å². The zero-order valence-electron chi connectivity index (χ0n) is 18.9. The van der Waals surface area contributed by atoms with Gasteiger partial charge in [0.1, 0.15) is 0 Å². The van der Waals surface area contributed by atoms with Gasteiger partial charge in [0, 0.05) is 0 Å². The molecule has 0 heterocycles. The van der Waals surface area contributed by atoms with E-state index in [-0.39, 0.29) is 0 Å². The molecule has 0 aliphatic heterocycles. The van der Waals surface area contributed by atoms with Gasteiger partial charge in [0.05, 0.1) is 11.1 Å². The van der Waals surface area contributed by atoms with Gasteiger partial charge in [-0.25, -0.2) is 19.4 Å². The molecule has 0 amide bonds. The Morgan fingerprint density at radius 1 is 0.441 bits per heavy atom. The Morgan fingerprint density at radius 3 is 1.21 bits per heavy atom. The van der Waals surface area contributed by atoms with Crippen LogP contribution < -0.4 is 0 Å². The van der Waals surface area contributed by atoms with E-state index in [0.29, 0.717) is 24.0 Å². The molecule has 170 valence electrons. The largest absolute Gasteiger partial charge is 0.386 e. The van der Waals surface area contributed by atoms with Crippen molar-refractivity contribution in [3.8, 4) is 0 Å². The molecule has 0 aliphatic carbocycles. The second-order valence-corrected chi connectivity index (χ2v) is 8.03. The quantitative estimate of drug-likeness (QED) is 0.237. The highest BCUT2D eigenvalue weighted by atomic mass is 17.2. The summed E-state index contributed by atoms with van der Waals surface area (Å²) in [6.45, 7) is 0. The zero-order chi connectivity index (χ0) is 23.6. The Kier molecular flexibility index (Phi) is 7.86. The average Bonchev–Trinajstić information content (AvgIpc) is 2.90. The summed E-state index contributed by atoms with van der Waals surface area (Å²) in [6, 6.07) is 34.6. The second-order valence-electron chi connectivity index (χ2n) is 8.03. The van der Waals surface area contributed by atoms with E-state index in [1.165, 1.54) is 11.1 Å². The Morgan fingerprint density at radius 2 is 0.794 bits per heavy atom. The fourth-order valence-corrected chi connectivity index (χ4v) is 3.89. The molecule has 0 bridgehead atoms.